The largest absolute Gasteiger partial charge is 0.389 e. The first-order chi connectivity index (χ1) is 9.88. The minimum atomic E-state index is -0.235. The molecule has 0 heterocycles. The van der Waals surface area contributed by atoms with Gasteiger partial charge in [0.15, 0.2) is 0 Å². The molecule has 0 aliphatic heterocycles. The molecule has 3 nitrogen and oxygen atoms in total. The first kappa shape index (κ1) is 15.9. The van der Waals surface area contributed by atoms with Crippen molar-refractivity contribution in [2.45, 2.75) is 6.92 Å². The van der Waals surface area contributed by atoms with Gasteiger partial charge in [0.1, 0.15) is 4.99 Å². The summed E-state index contributed by atoms with van der Waals surface area (Å²) in [6, 6.07) is 10.5. The predicted octanol–water partition coefficient (Wildman–Crippen LogP) is 4.30. The molecule has 0 fully saturated rings. The average Bonchev–Trinajstić information content (AvgIpc) is 2.40. The Labute approximate surface area is 141 Å². The summed E-state index contributed by atoms with van der Waals surface area (Å²) in [5.74, 6) is -0.235. The van der Waals surface area contributed by atoms with E-state index in [1.807, 2.05) is 19.1 Å². The maximum atomic E-state index is 12.3. The molecule has 2 aromatic carbocycles. The van der Waals surface area contributed by atoms with Crippen molar-refractivity contribution < 1.29 is 4.79 Å². The van der Waals surface area contributed by atoms with Gasteiger partial charge >= 0.3 is 0 Å². The highest BCUT2D eigenvalue weighted by atomic mass is 79.9. The molecule has 0 aromatic heterocycles. The van der Waals surface area contributed by atoms with E-state index in [0.29, 0.717) is 26.3 Å². The lowest BCUT2D eigenvalue weighted by Gasteiger charge is -2.11. The van der Waals surface area contributed by atoms with Gasteiger partial charge in [-0.05, 0) is 52.7 Å². The highest BCUT2D eigenvalue weighted by Gasteiger charge is 2.12. The lowest BCUT2D eigenvalue weighted by Crippen LogP contribution is -2.15. The number of halogens is 2. The lowest BCUT2D eigenvalue weighted by molar-refractivity contribution is 0.102. The number of nitrogens with two attached hydrogens (primary N) is 1. The summed E-state index contributed by atoms with van der Waals surface area (Å²) in [4.78, 5) is 12.6. The van der Waals surface area contributed by atoms with Gasteiger partial charge in [-0.2, -0.15) is 0 Å². The first-order valence-electron chi connectivity index (χ1n) is 6.05. The third kappa shape index (κ3) is 3.81. The Hall–Kier alpha value is -1.43. The normalized spacial score (nSPS) is 10.2. The molecule has 0 aliphatic rings. The molecule has 1 amide bonds. The fourth-order valence-electron chi connectivity index (χ4n) is 1.77. The third-order valence-corrected chi connectivity index (χ3v) is 4.07. The van der Waals surface area contributed by atoms with Crippen LogP contribution >= 0.6 is 39.7 Å². The number of rotatable bonds is 3. The molecule has 0 aliphatic carbocycles. The number of hydrogen-bond acceptors (Lipinski definition) is 2. The van der Waals surface area contributed by atoms with Crippen molar-refractivity contribution >= 4 is 56.3 Å². The summed E-state index contributed by atoms with van der Waals surface area (Å²) < 4.78 is 0.635. The van der Waals surface area contributed by atoms with Crippen LogP contribution in [-0.2, 0) is 0 Å². The molecule has 0 saturated carbocycles. The monoisotopic (exact) mass is 382 g/mol. The van der Waals surface area contributed by atoms with E-state index in [9.17, 15) is 4.79 Å². The Balaban J connectivity index is 2.31. The quantitative estimate of drug-likeness (QED) is 0.777. The molecular formula is C15H12BrClN2OS. The van der Waals surface area contributed by atoms with Crippen molar-refractivity contribution in [1.29, 1.82) is 0 Å². The van der Waals surface area contributed by atoms with Crippen LogP contribution in [0.4, 0.5) is 5.69 Å². The summed E-state index contributed by atoms with van der Waals surface area (Å²) in [5.41, 5.74) is 8.42. The molecule has 108 valence electrons. The van der Waals surface area contributed by atoms with Gasteiger partial charge in [0, 0.05) is 20.7 Å². The van der Waals surface area contributed by atoms with Crippen molar-refractivity contribution in [3.63, 3.8) is 0 Å². The van der Waals surface area contributed by atoms with Gasteiger partial charge in [0.05, 0.1) is 5.56 Å². The van der Waals surface area contributed by atoms with Crippen LogP contribution in [0.25, 0.3) is 0 Å². The number of benzene rings is 2. The number of carbonyl (C=O) groups is 1. The number of nitrogens with one attached hydrogen (secondary N) is 1. The van der Waals surface area contributed by atoms with E-state index in [1.54, 1.807) is 24.3 Å². The van der Waals surface area contributed by atoms with E-state index in [4.69, 9.17) is 29.6 Å². The second kappa shape index (κ2) is 6.56. The number of carbonyl (C=O) groups excluding carboxylic acids is 1. The predicted molar refractivity (Wildman–Crippen MR) is 94.2 cm³/mol. The van der Waals surface area contributed by atoms with Crippen molar-refractivity contribution in [2.75, 3.05) is 5.32 Å². The van der Waals surface area contributed by atoms with Crippen LogP contribution in [0, 0.1) is 6.92 Å². The smallest absolute Gasteiger partial charge is 0.256 e. The molecule has 0 unspecified atom stereocenters. The van der Waals surface area contributed by atoms with Crippen LogP contribution < -0.4 is 11.1 Å². The molecule has 0 atom stereocenters. The average molecular weight is 384 g/mol. The molecule has 3 N–H and O–H groups in total. The second-order valence-corrected chi connectivity index (χ2v) is 6.20. The molecule has 21 heavy (non-hydrogen) atoms. The lowest BCUT2D eigenvalue weighted by atomic mass is 10.1. The summed E-state index contributed by atoms with van der Waals surface area (Å²) in [6.07, 6.45) is 0. The molecule has 2 aromatic rings. The number of aryl methyl sites for hydroxylation is 1. The second-order valence-electron chi connectivity index (χ2n) is 4.47. The Morgan fingerprint density at radius 1 is 1.29 bits per heavy atom. The van der Waals surface area contributed by atoms with Gasteiger partial charge in [0.25, 0.3) is 5.91 Å². The molecule has 2 rings (SSSR count). The zero-order valence-corrected chi connectivity index (χ0v) is 14.3. The minimum Gasteiger partial charge on any atom is -0.389 e. The first-order valence-corrected chi connectivity index (χ1v) is 7.63. The van der Waals surface area contributed by atoms with Crippen molar-refractivity contribution in [3.05, 3.63) is 62.6 Å². The van der Waals surface area contributed by atoms with Crippen LogP contribution in [0.3, 0.4) is 0 Å². The molecule has 0 spiro atoms. The number of hydrogen-bond donors (Lipinski definition) is 2. The maximum Gasteiger partial charge on any atom is 0.256 e. The number of amides is 1. The zero-order valence-electron chi connectivity index (χ0n) is 11.1. The standard InChI is InChI=1S/C15H12BrClN2OS/c1-8-2-3-9(14(18)21)6-13(8)19-15(20)11-5-4-10(17)7-12(11)16/h2-7H,1H3,(H2,18,21)(H,19,20). The van der Waals surface area contributed by atoms with E-state index >= 15 is 0 Å². The Morgan fingerprint density at radius 2 is 2.00 bits per heavy atom. The Bertz CT molecular complexity index is 734. The summed E-state index contributed by atoms with van der Waals surface area (Å²) in [6.45, 7) is 1.90. The molecule has 6 heteroatoms. The van der Waals surface area contributed by atoms with Crippen LogP contribution in [0.5, 0.6) is 0 Å². The fourth-order valence-corrected chi connectivity index (χ4v) is 2.76. The van der Waals surface area contributed by atoms with Crippen LogP contribution in [0.2, 0.25) is 5.02 Å². The molecular weight excluding hydrogens is 372 g/mol. The van der Waals surface area contributed by atoms with Gasteiger partial charge in [-0.25, -0.2) is 0 Å². The van der Waals surface area contributed by atoms with E-state index in [-0.39, 0.29) is 10.9 Å². The highest BCUT2D eigenvalue weighted by molar-refractivity contribution is 9.10. The van der Waals surface area contributed by atoms with E-state index in [0.717, 1.165) is 5.56 Å². The Morgan fingerprint density at radius 3 is 2.62 bits per heavy atom. The van der Waals surface area contributed by atoms with Crippen LogP contribution in [0.15, 0.2) is 40.9 Å². The molecule has 0 bridgehead atoms. The van der Waals surface area contributed by atoms with Crippen LogP contribution in [0.1, 0.15) is 21.5 Å². The number of thiocarbonyl (C=S) groups is 1. The van der Waals surface area contributed by atoms with Gasteiger partial charge < -0.3 is 11.1 Å². The SMILES string of the molecule is Cc1ccc(C(N)=S)cc1NC(=O)c1ccc(Cl)cc1Br. The van der Waals surface area contributed by atoms with E-state index in [2.05, 4.69) is 21.2 Å². The van der Waals surface area contributed by atoms with Gasteiger partial charge in [-0.3, -0.25) is 4.79 Å². The van der Waals surface area contributed by atoms with Crippen molar-refractivity contribution in [2.24, 2.45) is 5.73 Å². The Kier molecular flexibility index (Phi) is 4.98. The van der Waals surface area contributed by atoms with E-state index < -0.39 is 0 Å². The summed E-state index contributed by atoms with van der Waals surface area (Å²) >= 11 is 14.2. The third-order valence-electron chi connectivity index (χ3n) is 2.95. The highest BCUT2D eigenvalue weighted by Crippen LogP contribution is 2.24. The van der Waals surface area contributed by atoms with Crippen molar-refractivity contribution in [3.8, 4) is 0 Å². The summed E-state index contributed by atoms with van der Waals surface area (Å²) in [5, 5.41) is 3.42. The topological polar surface area (TPSA) is 55.1 Å². The van der Waals surface area contributed by atoms with Gasteiger partial charge in [-0.1, -0.05) is 36.0 Å². The van der Waals surface area contributed by atoms with Gasteiger partial charge in [-0.15, -0.1) is 0 Å². The molecule has 0 saturated heterocycles. The van der Waals surface area contributed by atoms with Gasteiger partial charge in [0.2, 0.25) is 0 Å². The fraction of sp³-hybridized carbons (Fsp3) is 0.0667. The van der Waals surface area contributed by atoms with E-state index in [1.165, 1.54) is 0 Å². The maximum absolute atomic E-state index is 12.3. The van der Waals surface area contributed by atoms with Crippen LogP contribution in [-0.4, -0.2) is 10.9 Å². The number of anilines is 1. The van der Waals surface area contributed by atoms with Crippen molar-refractivity contribution in [1.82, 2.24) is 0 Å². The molecule has 0 radical (unpaired) electrons. The zero-order chi connectivity index (χ0) is 15.6. The summed E-state index contributed by atoms with van der Waals surface area (Å²) in [7, 11) is 0. The minimum absolute atomic E-state index is 0.235.